The maximum absolute atomic E-state index is 12.0. The van der Waals surface area contributed by atoms with E-state index in [2.05, 4.69) is 59.1 Å². The molecule has 2 N–H and O–H groups in total. The van der Waals surface area contributed by atoms with Crippen LogP contribution in [0.5, 0.6) is 0 Å². The van der Waals surface area contributed by atoms with Crippen molar-refractivity contribution in [2.24, 2.45) is 4.99 Å². The highest BCUT2D eigenvalue weighted by Gasteiger charge is 2.20. The number of carbonyl (C=O) groups is 1. The summed E-state index contributed by atoms with van der Waals surface area (Å²) in [5.74, 6) is 1.05. The molecule has 1 saturated heterocycles. The van der Waals surface area contributed by atoms with E-state index in [0.29, 0.717) is 19.5 Å². The maximum atomic E-state index is 12.0. The number of rotatable bonds is 9. The summed E-state index contributed by atoms with van der Waals surface area (Å²) >= 11 is 0. The predicted molar refractivity (Wildman–Crippen MR) is 147 cm³/mol. The fourth-order valence-corrected chi connectivity index (χ4v) is 4.01. The Labute approximate surface area is 218 Å². The van der Waals surface area contributed by atoms with Gasteiger partial charge < -0.3 is 15.5 Å². The van der Waals surface area contributed by atoms with Crippen LogP contribution < -0.4 is 10.6 Å². The number of hydrogen-bond donors (Lipinski definition) is 2. The average Bonchev–Trinajstić information content (AvgIpc) is 3.51. The van der Waals surface area contributed by atoms with Crippen molar-refractivity contribution in [3.05, 3.63) is 83.7 Å². The lowest BCUT2D eigenvalue weighted by Gasteiger charge is -2.18. The Kier molecular flexibility index (Phi) is 9.93. The molecule has 0 unspecified atom stereocenters. The van der Waals surface area contributed by atoms with Gasteiger partial charge in [-0.15, -0.1) is 24.0 Å². The van der Waals surface area contributed by atoms with Crippen molar-refractivity contribution in [3.8, 4) is 5.69 Å². The zero-order chi connectivity index (χ0) is 22.9. The molecule has 0 aliphatic carbocycles. The zero-order valence-electron chi connectivity index (χ0n) is 19.6. The van der Waals surface area contributed by atoms with Crippen molar-refractivity contribution in [3.63, 3.8) is 0 Å². The average molecular weight is 572 g/mol. The summed E-state index contributed by atoms with van der Waals surface area (Å²) in [6.45, 7) is 5.75. The van der Waals surface area contributed by atoms with Crippen molar-refractivity contribution in [2.45, 2.75) is 39.3 Å². The van der Waals surface area contributed by atoms with E-state index in [1.54, 1.807) is 6.20 Å². The van der Waals surface area contributed by atoms with Gasteiger partial charge in [0.15, 0.2) is 5.96 Å². The highest BCUT2D eigenvalue weighted by Crippen LogP contribution is 2.18. The van der Waals surface area contributed by atoms with Crippen LogP contribution in [0.2, 0.25) is 0 Å². The first kappa shape index (κ1) is 25.7. The summed E-state index contributed by atoms with van der Waals surface area (Å²) in [7, 11) is 0. The number of likely N-dealkylation sites (tertiary alicyclic amines) is 1. The van der Waals surface area contributed by atoms with Gasteiger partial charge in [0, 0.05) is 45.0 Å². The maximum Gasteiger partial charge on any atom is 0.222 e. The van der Waals surface area contributed by atoms with E-state index >= 15 is 0 Å². The van der Waals surface area contributed by atoms with Crippen molar-refractivity contribution < 1.29 is 4.79 Å². The first-order chi connectivity index (χ1) is 16.2. The highest BCUT2D eigenvalue weighted by atomic mass is 127. The molecule has 0 radical (unpaired) electrons. The number of nitrogens with zero attached hydrogens (tertiary/aromatic N) is 4. The number of hydrogen-bond acceptors (Lipinski definition) is 3. The molecule has 180 valence electrons. The summed E-state index contributed by atoms with van der Waals surface area (Å²) in [6.07, 6.45) is 6.25. The lowest BCUT2D eigenvalue weighted by Crippen LogP contribution is -2.38. The second kappa shape index (κ2) is 13.1. The van der Waals surface area contributed by atoms with Gasteiger partial charge >= 0.3 is 0 Å². The Bertz CT molecular complexity index is 1070. The van der Waals surface area contributed by atoms with E-state index in [9.17, 15) is 4.79 Å². The number of halogens is 1. The van der Waals surface area contributed by atoms with Gasteiger partial charge in [-0.3, -0.25) is 4.79 Å². The number of nitrogens with one attached hydrogen (secondary N) is 2. The van der Waals surface area contributed by atoms with E-state index in [0.717, 1.165) is 49.7 Å². The van der Waals surface area contributed by atoms with Gasteiger partial charge in [-0.05, 0) is 54.7 Å². The molecule has 3 aromatic rings. The van der Waals surface area contributed by atoms with Crippen LogP contribution in [0.4, 0.5) is 0 Å². The number of guanidine groups is 1. The third-order valence-corrected chi connectivity index (χ3v) is 5.81. The van der Waals surface area contributed by atoms with Crippen LogP contribution in [0.1, 0.15) is 36.5 Å². The molecule has 1 amide bonds. The summed E-state index contributed by atoms with van der Waals surface area (Å²) < 4.78 is 1.86. The van der Waals surface area contributed by atoms with Crippen molar-refractivity contribution >= 4 is 35.8 Å². The van der Waals surface area contributed by atoms with Gasteiger partial charge in [-0.25, -0.2) is 9.67 Å². The Morgan fingerprint density at radius 3 is 2.53 bits per heavy atom. The highest BCUT2D eigenvalue weighted by molar-refractivity contribution is 14.0. The second-order valence-electron chi connectivity index (χ2n) is 8.18. The second-order valence-corrected chi connectivity index (χ2v) is 8.18. The van der Waals surface area contributed by atoms with Crippen LogP contribution in [0, 0.1) is 0 Å². The van der Waals surface area contributed by atoms with E-state index in [4.69, 9.17) is 4.99 Å². The first-order valence-electron chi connectivity index (χ1n) is 11.7. The van der Waals surface area contributed by atoms with Crippen molar-refractivity contribution in [1.82, 2.24) is 25.3 Å². The van der Waals surface area contributed by atoms with Crippen LogP contribution in [-0.2, 0) is 24.3 Å². The monoisotopic (exact) mass is 572 g/mol. The Hall–Kier alpha value is -2.88. The summed E-state index contributed by atoms with van der Waals surface area (Å²) in [5, 5.41) is 11.0. The zero-order valence-corrected chi connectivity index (χ0v) is 21.9. The van der Waals surface area contributed by atoms with Crippen molar-refractivity contribution in [1.29, 1.82) is 0 Å². The molecule has 7 nitrogen and oxygen atoms in total. The molecule has 1 aliphatic rings. The number of benzene rings is 2. The molecule has 4 rings (SSSR count). The van der Waals surface area contributed by atoms with Crippen LogP contribution in [0.25, 0.3) is 5.69 Å². The molecule has 0 bridgehead atoms. The van der Waals surface area contributed by atoms with Gasteiger partial charge in [0.25, 0.3) is 0 Å². The molecule has 0 atom stereocenters. The number of aromatic nitrogens is 2. The van der Waals surface area contributed by atoms with Gasteiger partial charge in [-0.1, -0.05) is 36.4 Å². The van der Waals surface area contributed by atoms with Crippen LogP contribution in [0.3, 0.4) is 0 Å². The minimum absolute atomic E-state index is 0. The normalized spacial score (nSPS) is 13.6. The molecule has 2 heterocycles. The van der Waals surface area contributed by atoms with Crippen molar-refractivity contribution in [2.75, 3.05) is 19.6 Å². The molecule has 0 saturated carbocycles. The molecule has 1 aromatic heterocycles. The smallest absolute Gasteiger partial charge is 0.222 e. The molecule has 2 aromatic carbocycles. The van der Waals surface area contributed by atoms with E-state index in [-0.39, 0.29) is 29.9 Å². The van der Waals surface area contributed by atoms with Crippen LogP contribution in [0.15, 0.2) is 72.0 Å². The van der Waals surface area contributed by atoms with Gasteiger partial charge in [0.2, 0.25) is 5.91 Å². The minimum Gasteiger partial charge on any atom is -0.357 e. The third kappa shape index (κ3) is 7.06. The first-order valence-corrected chi connectivity index (χ1v) is 11.7. The number of carbonyl (C=O) groups excluding carboxylic acids is 1. The minimum atomic E-state index is 0. The third-order valence-electron chi connectivity index (χ3n) is 5.81. The van der Waals surface area contributed by atoms with E-state index < -0.39 is 0 Å². The predicted octanol–water partition coefficient (Wildman–Crippen LogP) is 3.91. The molecular weight excluding hydrogens is 539 g/mol. The summed E-state index contributed by atoms with van der Waals surface area (Å²) in [5.41, 5.74) is 4.64. The Balaban J connectivity index is 0.00000324. The fraction of sp³-hybridized carbons (Fsp3) is 0.346. The lowest BCUT2D eigenvalue weighted by molar-refractivity contribution is -0.128. The fourth-order valence-electron chi connectivity index (χ4n) is 4.01. The Morgan fingerprint density at radius 1 is 1.06 bits per heavy atom. The summed E-state index contributed by atoms with van der Waals surface area (Å²) in [6, 6.07) is 18.6. The topological polar surface area (TPSA) is 74.6 Å². The molecular formula is C26H33IN6O. The molecule has 1 fully saturated rings. The standard InChI is InChI=1S/C26H32N6O.HI/c1-2-27-26(28-16-14-21-10-12-24(13-11-21)32-18-6-15-30-32)29-19-22-7-3-4-8-23(22)20-31-17-5-9-25(31)33;/h3-4,6-8,10-13,15,18H,2,5,9,14,16-17,19-20H2,1H3,(H2,27,28,29);1H. The van der Waals surface area contributed by atoms with Gasteiger partial charge in [0.1, 0.15) is 0 Å². The van der Waals surface area contributed by atoms with Crippen LogP contribution in [-0.4, -0.2) is 46.2 Å². The summed E-state index contributed by atoms with van der Waals surface area (Å²) in [4.78, 5) is 18.8. The van der Waals surface area contributed by atoms with Crippen LogP contribution >= 0.6 is 24.0 Å². The van der Waals surface area contributed by atoms with E-state index in [1.807, 2.05) is 34.0 Å². The largest absolute Gasteiger partial charge is 0.357 e. The van der Waals surface area contributed by atoms with Gasteiger partial charge in [-0.2, -0.15) is 5.10 Å². The SMILES string of the molecule is CCNC(=NCc1ccccc1CN1CCCC1=O)NCCc1ccc(-n2cccn2)cc1.I. The number of amides is 1. The molecule has 0 spiro atoms. The molecule has 1 aliphatic heterocycles. The number of aliphatic imine (C=N–C) groups is 1. The van der Waals surface area contributed by atoms with Gasteiger partial charge in [0.05, 0.1) is 12.2 Å². The van der Waals surface area contributed by atoms with E-state index in [1.165, 1.54) is 11.1 Å². The quantitative estimate of drug-likeness (QED) is 0.232. The molecule has 8 heteroatoms. The Morgan fingerprint density at radius 2 is 1.85 bits per heavy atom. The molecule has 34 heavy (non-hydrogen) atoms. The lowest BCUT2D eigenvalue weighted by atomic mass is 10.1.